The minimum atomic E-state index is -0.271. The molecule has 2 heterocycles. The van der Waals surface area contributed by atoms with E-state index < -0.39 is 0 Å². The number of benzene rings is 1. The second-order valence-electron chi connectivity index (χ2n) is 7.41. The van der Waals surface area contributed by atoms with Gasteiger partial charge in [-0.3, -0.25) is 9.59 Å². The molecule has 2 fully saturated rings. The maximum Gasteiger partial charge on any atom is 0.227 e. The molecule has 0 radical (unpaired) electrons. The molecule has 5 nitrogen and oxygen atoms in total. The summed E-state index contributed by atoms with van der Waals surface area (Å²) < 4.78 is 13.3. The SMILES string of the molecule is O=C1CC[C@H](C(=O)N2CCC(CO)CC2)CN1CCc1cccc(F)c1. The number of rotatable bonds is 5. The van der Waals surface area contributed by atoms with E-state index in [-0.39, 0.29) is 30.2 Å². The predicted octanol–water partition coefficient (Wildman–Crippen LogP) is 1.84. The molecule has 0 spiro atoms. The maximum atomic E-state index is 13.3. The molecule has 1 aromatic carbocycles. The van der Waals surface area contributed by atoms with Gasteiger partial charge in [-0.05, 0) is 49.3 Å². The van der Waals surface area contributed by atoms with E-state index in [0.29, 0.717) is 51.4 Å². The number of halogens is 1. The second-order valence-corrected chi connectivity index (χ2v) is 7.41. The lowest BCUT2D eigenvalue weighted by Gasteiger charge is -2.37. The van der Waals surface area contributed by atoms with E-state index in [1.165, 1.54) is 12.1 Å². The lowest BCUT2D eigenvalue weighted by atomic mass is 9.92. The van der Waals surface area contributed by atoms with Crippen molar-refractivity contribution in [1.29, 1.82) is 0 Å². The number of hydrogen-bond donors (Lipinski definition) is 1. The number of hydrogen-bond acceptors (Lipinski definition) is 3. The van der Waals surface area contributed by atoms with Gasteiger partial charge in [0.05, 0.1) is 5.92 Å². The van der Waals surface area contributed by atoms with Gasteiger partial charge < -0.3 is 14.9 Å². The number of aliphatic hydroxyl groups is 1. The van der Waals surface area contributed by atoms with Crippen LogP contribution in [0.4, 0.5) is 4.39 Å². The molecule has 2 aliphatic rings. The van der Waals surface area contributed by atoms with Crippen LogP contribution in [0.3, 0.4) is 0 Å². The Hall–Kier alpha value is -1.95. The number of piperidine rings is 2. The summed E-state index contributed by atoms with van der Waals surface area (Å²) in [5, 5.41) is 9.23. The lowest BCUT2D eigenvalue weighted by molar-refractivity contribution is -0.144. The first-order valence-corrected chi connectivity index (χ1v) is 9.48. The summed E-state index contributed by atoms with van der Waals surface area (Å²) in [7, 11) is 0. The first kappa shape index (κ1) is 18.8. The molecular formula is C20H27FN2O3. The molecule has 1 N–H and O–H groups in total. The summed E-state index contributed by atoms with van der Waals surface area (Å²) >= 11 is 0. The molecule has 2 saturated heterocycles. The molecule has 26 heavy (non-hydrogen) atoms. The standard InChI is InChI=1S/C20H27FN2O3/c21-18-3-1-2-15(12-18)6-11-23-13-17(4-5-19(23)25)20(26)22-9-7-16(14-24)8-10-22/h1-3,12,16-17,24H,4-11,13-14H2/t17-/m0/s1. The van der Waals surface area contributed by atoms with Crippen LogP contribution in [-0.4, -0.2) is 59.5 Å². The Morgan fingerprint density at radius 2 is 2.00 bits per heavy atom. The van der Waals surface area contributed by atoms with E-state index in [4.69, 9.17) is 0 Å². The highest BCUT2D eigenvalue weighted by Crippen LogP contribution is 2.24. The van der Waals surface area contributed by atoms with Gasteiger partial charge in [-0.25, -0.2) is 4.39 Å². The normalized spacial score (nSPS) is 21.9. The Morgan fingerprint density at radius 1 is 1.23 bits per heavy atom. The van der Waals surface area contributed by atoms with Crippen LogP contribution in [0.5, 0.6) is 0 Å². The van der Waals surface area contributed by atoms with Crippen LogP contribution in [-0.2, 0) is 16.0 Å². The van der Waals surface area contributed by atoms with Gasteiger partial charge in [-0.2, -0.15) is 0 Å². The monoisotopic (exact) mass is 362 g/mol. The van der Waals surface area contributed by atoms with Crippen molar-refractivity contribution < 1.29 is 19.1 Å². The highest BCUT2D eigenvalue weighted by atomic mass is 19.1. The number of nitrogens with zero attached hydrogens (tertiary/aromatic N) is 2. The van der Waals surface area contributed by atoms with Crippen LogP contribution in [0.15, 0.2) is 24.3 Å². The number of likely N-dealkylation sites (tertiary alicyclic amines) is 2. The molecule has 0 aromatic heterocycles. The highest BCUT2D eigenvalue weighted by Gasteiger charge is 2.33. The first-order chi connectivity index (χ1) is 12.6. The second kappa shape index (κ2) is 8.62. The van der Waals surface area contributed by atoms with Crippen LogP contribution >= 0.6 is 0 Å². The lowest BCUT2D eigenvalue weighted by Crippen LogP contribution is -2.49. The Bertz CT molecular complexity index is 644. The molecule has 2 aliphatic heterocycles. The zero-order valence-electron chi connectivity index (χ0n) is 15.1. The molecule has 1 atom stereocenters. The van der Waals surface area contributed by atoms with Gasteiger partial charge in [0.25, 0.3) is 0 Å². The number of amides is 2. The quantitative estimate of drug-likeness (QED) is 0.869. The van der Waals surface area contributed by atoms with Gasteiger partial charge in [0.2, 0.25) is 11.8 Å². The van der Waals surface area contributed by atoms with Crippen LogP contribution in [0.2, 0.25) is 0 Å². The highest BCUT2D eigenvalue weighted by molar-refractivity contribution is 5.84. The number of aliphatic hydroxyl groups excluding tert-OH is 1. The van der Waals surface area contributed by atoms with Crippen molar-refractivity contribution >= 4 is 11.8 Å². The topological polar surface area (TPSA) is 60.9 Å². The van der Waals surface area contributed by atoms with Gasteiger partial charge in [0.1, 0.15) is 5.82 Å². The third-order valence-corrected chi connectivity index (χ3v) is 5.59. The molecule has 0 unspecified atom stereocenters. The van der Waals surface area contributed by atoms with Crippen molar-refractivity contribution in [2.45, 2.75) is 32.1 Å². The summed E-state index contributed by atoms with van der Waals surface area (Å²) in [5.41, 5.74) is 0.859. The van der Waals surface area contributed by atoms with Crippen molar-refractivity contribution in [3.63, 3.8) is 0 Å². The molecule has 0 bridgehead atoms. The Morgan fingerprint density at radius 3 is 2.69 bits per heavy atom. The van der Waals surface area contributed by atoms with Gasteiger partial charge in [0, 0.05) is 39.2 Å². The molecule has 3 rings (SSSR count). The maximum absolute atomic E-state index is 13.3. The van der Waals surface area contributed by atoms with E-state index >= 15 is 0 Å². The largest absolute Gasteiger partial charge is 0.396 e. The average Bonchev–Trinajstić information content (AvgIpc) is 2.67. The van der Waals surface area contributed by atoms with E-state index in [1.54, 1.807) is 11.0 Å². The fraction of sp³-hybridized carbons (Fsp3) is 0.600. The minimum absolute atomic E-state index is 0.0736. The molecule has 0 saturated carbocycles. The van der Waals surface area contributed by atoms with Gasteiger partial charge >= 0.3 is 0 Å². The number of carbonyl (C=O) groups excluding carboxylic acids is 2. The van der Waals surface area contributed by atoms with Crippen molar-refractivity contribution in [2.24, 2.45) is 11.8 Å². The van der Waals surface area contributed by atoms with Crippen molar-refractivity contribution in [1.82, 2.24) is 9.80 Å². The fourth-order valence-corrected chi connectivity index (χ4v) is 3.88. The van der Waals surface area contributed by atoms with E-state index in [0.717, 1.165) is 18.4 Å². The van der Waals surface area contributed by atoms with Crippen molar-refractivity contribution in [2.75, 3.05) is 32.8 Å². The Labute approximate surface area is 153 Å². The number of carbonyl (C=O) groups is 2. The minimum Gasteiger partial charge on any atom is -0.396 e. The molecule has 6 heteroatoms. The summed E-state index contributed by atoms with van der Waals surface area (Å²) in [4.78, 5) is 28.6. The smallest absolute Gasteiger partial charge is 0.227 e. The summed E-state index contributed by atoms with van der Waals surface area (Å²) in [6.07, 6.45) is 3.28. The Kier molecular flexibility index (Phi) is 6.25. The zero-order chi connectivity index (χ0) is 18.5. The molecule has 1 aromatic rings. The molecule has 2 amide bonds. The van der Waals surface area contributed by atoms with Crippen LogP contribution in [0, 0.1) is 17.7 Å². The van der Waals surface area contributed by atoms with Crippen molar-refractivity contribution in [3.8, 4) is 0 Å². The van der Waals surface area contributed by atoms with Gasteiger partial charge in [0.15, 0.2) is 0 Å². The van der Waals surface area contributed by atoms with Crippen LogP contribution < -0.4 is 0 Å². The van der Waals surface area contributed by atoms with E-state index in [1.807, 2.05) is 11.0 Å². The summed E-state index contributed by atoms with van der Waals surface area (Å²) in [6, 6.07) is 6.42. The van der Waals surface area contributed by atoms with Gasteiger partial charge in [-0.15, -0.1) is 0 Å². The van der Waals surface area contributed by atoms with Gasteiger partial charge in [-0.1, -0.05) is 12.1 Å². The van der Waals surface area contributed by atoms with E-state index in [9.17, 15) is 19.1 Å². The predicted molar refractivity (Wildman–Crippen MR) is 95.8 cm³/mol. The molecule has 142 valence electrons. The molecular weight excluding hydrogens is 335 g/mol. The average molecular weight is 362 g/mol. The third kappa shape index (κ3) is 4.61. The third-order valence-electron chi connectivity index (χ3n) is 5.59. The molecule has 0 aliphatic carbocycles. The fourth-order valence-electron chi connectivity index (χ4n) is 3.88. The zero-order valence-corrected chi connectivity index (χ0v) is 15.1. The summed E-state index contributed by atoms with van der Waals surface area (Å²) in [5.74, 6) is 0.0848. The van der Waals surface area contributed by atoms with Crippen molar-refractivity contribution in [3.05, 3.63) is 35.6 Å². The first-order valence-electron chi connectivity index (χ1n) is 9.48. The van der Waals surface area contributed by atoms with Crippen LogP contribution in [0.1, 0.15) is 31.2 Å². The summed E-state index contributed by atoms with van der Waals surface area (Å²) in [6.45, 7) is 2.54. The van der Waals surface area contributed by atoms with Crippen LogP contribution in [0.25, 0.3) is 0 Å². The van der Waals surface area contributed by atoms with E-state index in [2.05, 4.69) is 0 Å². The Balaban J connectivity index is 1.54.